The van der Waals surface area contributed by atoms with Crippen LogP contribution >= 0.6 is 27.7 Å². The number of carbonyl (C=O) groups excluding carboxylic acids is 1. The van der Waals surface area contributed by atoms with E-state index in [1.807, 2.05) is 84.9 Å². The molecule has 3 aromatic carbocycles. The zero-order valence-corrected chi connectivity index (χ0v) is 15.3. The first-order valence-electron chi connectivity index (χ1n) is 7.55. The van der Waals surface area contributed by atoms with Crippen molar-refractivity contribution in [1.29, 1.82) is 0 Å². The molecule has 0 aliphatic heterocycles. The van der Waals surface area contributed by atoms with Gasteiger partial charge in [0.05, 0.1) is 0 Å². The fourth-order valence-corrected chi connectivity index (χ4v) is 3.75. The van der Waals surface area contributed by atoms with Crippen molar-refractivity contribution in [2.75, 3.05) is 5.32 Å². The van der Waals surface area contributed by atoms with Gasteiger partial charge in [0, 0.05) is 15.1 Å². The summed E-state index contributed by atoms with van der Waals surface area (Å²) < 4.78 is 0.937. The van der Waals surface area contributed by atoms with Crippen LogP contribution in [0.1, 0.15) is 10.8 Å². The highest BCUT2D eigenvalue weighted by Gasteiger charge is 2.22. The second-order valence-electron chi connectivity index (χ2n) is 5.22. The molecule has 1 atom stereocenters. The molecule has 0 spiro atoms. The summed E-state index contributed by atoms with van der Waals surface area (Å²) in [6, 6.07) is 27.5. The van der Waals surface area contributed by atoms with Crippen LogP contribution in [0.5, 0.6) is 0 Å². The van der Waals surface area contributed by atoms with E-state index in [0.29, 0.717) is 0 Å². The molecule has 24 heavy (non-hydrogen) atoms. The molecular weight excluding hydrogens is 382 g/mol. The Kier molecular flexibility index (Phi) is 5.72. The fourth-order valence-electron chi connectivity index (χ4n) is 2.31. The molecule has 3 rings (SSSR count). The van der Waals surface area contributed by atoms with Crippen LogP contribution in [0.3, 0.4) is 0 Å². The van der Waals surface area contributed by atoms with Crippen LogP contribution < -0.4 is 5.32 Å². The van der Waals surface area contributed by atoms with Crippen molar-refractivity contribution in [3.05, 3.63) is 95.0 Å². The number of benzene rings is 3. The number of halogens is 1. The molecule has 0 radical (unpaired) electrons. The van der Waals surface area contributed by atoms with Gasteiger partial charge in [0.25, 0.3) is 0 Å². The molecule has 120 valence electrons. The molecule has 0 aliphatic rings. The number of nitrogens with one attached hydrogen (secondary N) is 1. The average Bonchev–Trinajstić information content (AvgIpc) is 2.61. The number of hydrogen-bond acceptors (Lipinski definition) is 2. The van der Waals surface area contributed by atoms with Crippen molar-refractivity contribution in [3.8, 4) is 0 Å². The van der Waals surface area contributed by atoms with E-state index in [1.54, 1.807) is 11.8 Å². The van der Waals surface area contributed by atoms with Crippen molar-refractivity contribution in [2.45, 2.75) is 10.1 Å². The molecule has 0 saturated heterocycles. The van der Waals surface area contributed by atoms with Gasteiger partial charge in [-0.2, -0.15) is 0 Å². The van der Waals surface area contributed by atoms with Gasteiger partial charge in [-0.15, -0.1) is 11.8 Å². The molecule has 2 nitrogen and oxygen atoms in total. The standard InChI is InChI=1S/C20H16BrNOS/c21-16-10-7-11-17(14-16)22-20(23)19(15-8-3-1-4-9-15)24-18-12-5-2-6-13-18/h1-14,19H,(H,22,23)/t19-/m0/s1. The van der Waals surface area contributed by atoms with Crippen LogP contribution in [0.15, 0.2) is 94.3 Å². The van der Waals surface area contributed by atoms with Gasteiger partial charge in [-0.3, -0.25) is 4.79 Å². The van der Waals surface area contributed by atoms with E-state index in [1.165, 1.54) is 0 Å². The third-order valence-corrected chi connectivity index (χ3v) is 5.19. The topological polar surface area (TPSA) is 29.1 Å². The van der Waals surface area contributed by atoms with Crippen LogP contribution in [0.25, 0.3) is 0 Å². The van der Waals surface area contributed by atoms with Gasteiger partial charge in [-0.05, 0) is 35.9 Å². The van der Waals surface area contributed by atoms with Crippen molar-refractivity contribution in [2.24, 2.45) is 0 Å². The Balaban J connectivity index is 1.85. The first-order valence-corrected chi connectivity index (χ1v) is 9.23. The normalized spacial score (nSPS) is 11.7. The van der Waals surface area contributed by atoms with Crippen LogP contribution in [0.4, 0.5) is 5.69 Å². The molecule has 3 aromatic rings. The highest BCUT2D eigenvalue weighted by atomic mass is 79.9. The van der Waals surface area contributed by atoms with E-state index in [0.717, 1.165) is 20.6 Å². The summed E-state index contributed by atoms with van der Waals surface area (Å²) in [4.78, 5) is 13.9. The van der Waals surface area contributed by atoms with Crippen molar-refractivity contribution >= 4 is 39.3 Å². The van der Waals surface area contributed by atoms with E-state index in [2.05, 4.69) is 21.2 Å². The molecule has 0 aliphatic carbocycles. The molecule has 0 saturated carbocycles. The summed E-state index contributed by atoms with van der Waals surface area (Å²) in [5.74, 6) is -0.0341. The Hall–Kier alpha value is -2.04. The zero-order chi connectivity index (χ0) is 16.8. The molecule has 4 heteroatoms. The van der Waals surface area contributed by atoms with Crippen molar-refractivity contribution < 1.29 is 4.79 Å². The van der Waals surface area contributed by atoms with E-state index in [9.17, 15) is 4.79 Å². The van der Waals surface area contributed by atoms with Crippen LogP contribution in [-0.4, -0.2) is 5.91 Å². The van der Waals surface area contributed by atoms with Gasteiger partial charge in [0.15, 0.2) is 0 Å². The first-order chi connectivity index (χ1) is 11.7. The Morgan fingerprint density at radius 2 is 1.54 bits per heavy atom. The maximum absolute atomic E-state index is 12.9. The summed E-state index contributed by atoms with van der Waals surface area (Å²) in [6.07, 6.45) is 0. The van der Waals surface area contributed by atoms with Crippen LogP contribution in [-0.2, 0) is 4.79 Å². The van der Waals surface area contributed by atoms with E-state index in [4.69, 9.17) is 0 Å². The second-order valence-corrected chi connectivity index (χ2v) is 7.32. The first kappa shape index (κ1) is 16.8. The lowest BCUT2D eigenvalue weighted by molar-refractivity contribution is -0.115. The van der Waals surface area contributed by atoms with Gasteiger partial charge in [0.2, 0.25) is 5.91 Å². The van der Waals surface area contributed by atoms with Gasteiger partial charge in [0.1, 0.15) is 5.25 Å². The van der Waals surface area contributed by atoms with E-state index < -0.39 is 0 Å². The summed E-state index contributed by atoms with van der Waals surface area (Å²) >= 11 is 4.98. The third-order valence-electron chi connectivity index (χ3n) is 3.43. The molecule has 0 fully saturated rings. The van der Waals surface area contributed by atoms with Gasteiger partial charge < -0.3 is 5.32 Å². The van der Waals surface area contributed by atoms with E-state index in [-0.39, 0.29) is 11.2 Å². The molecule has 1 N–H and O–H groups in total. The molecule has 1 amide bonds. The minimum Gasteiger partial charge on any atom is -0.325 e. The second kappa shape index (κ2) is 8.18. The number of carbonyl (C=O) groups is 1. The lowest BCUT2D eigenvalue weighted by Gasteiger charge is -2.17. The van der Waals surface area contributed by atoms with Gasteiger partial charge in [-0.1, -0.05) is 70.5 Å². The van der Waals surface area contributed by atoms with Crippen LogP contribution in [0.2, 0.25) is 0 Å². The molecular formula is C20H16BrNOS. The Morgan fingerprint density at radius 3 is 2.21 bits per heavy atom. The lowest BCUT2D eigenvalue weighted by Crippen LogP contribution is -2.19. The summed E-state index contributed by atoms with van der Waals surface area (Å²) in [7, 11) is 0. The molecule has 0 aromatic heterocycles. The lowest BCUT2D eigenvalue weighted by atomic mass is 10.1. The van der Waals surface area contributed by atoms with Crippen molar-refractivity contribution in [1.82, 2.24) is 0 Å². The predicted molar refractivity (Wildman–Crippen MR) is 104 cm³/mol. The summed E-state index contributed by atoms with van der Waals surface area (Å²) in [5.41, 5.74) is 1.77. The zero-order valence-electron chi connectivity index (χ0n) is 12.9. The number of rotatable bonds is 5. The quantitative estimate of drug-likeness (QED) is 0.541. The highest BCUT2D eigenvalue weighted by Crippen LogP contribution is 2.36. The maximum Gasteiger partial charge on any atom is 0.242 e. The monoisotopic (exact) mass is 397 g/mol. The summed E-state index contributed by atoms with van der Waals surface area (Å²) in [5, 5.41) is 2.70. The Morgan fingerprint density at radius 1 is 0.875 bits per heavy atom. The minimum atomic E-state index is -0.312. The molecule has 0 unspecified atom stereocenters. The van der Waals surface area contributed by atoms with Gasteiger partial charge >= 0.3 is 0 Å². The molecule has 0 bridgehead atoms. The number of amides is 1. The Bertz CT molecular complexity index is 808. The number of anilines is 1. The largest absolute Gasteiger partial charge is 0.325 e. The average molecular weight is 398 g/mol. The third kappa shape index (κ3) is 4.49. The Labute approximate surface area is 154 Å². The van der Waals surface area contributed by atoms with E-state index >= 15 is 0 Å². The SMILES string of the molecule is O=C(Nc1cccc(Br)c1)[C@@H](Sc1ccccc1)c1ccccc1. The van der Waals surface area contributed by atoms with Crippen molar-refractivity contribution in [3.63, 3.8) is 0 Å². The smallest absolute Gasteiger partial charge is 0.242 e. The summed E-state index contributed by atoms with van der Waals surface area (Å²) in [6.45, 7) is 0. The predicted octanol–water partition coefficient (Wildman–Crippen LogP) is 5.92. The highest BCUT2D eigenvalue weighted by molar-refractivity contribution is 9.10. The van der Waals surface area contributed by atoms with Crippen LogP contribution in [0, 0.1) is 0 Å². The minimum absolute atomic E-state index is 0.0341. The number of hydrogen-bond donors (Lipinski definition) is 1. The van der Waals surface area contributed by atoms with Gasteiger partial charge in [-0.25, -0.2) is 0 Å². The molecule has 0 heterocycles. The fraction of sp³-hybridized carbons (Fsp3) is 0.0500. The number of thioether (sulfide) groups is 1. The maximum atomic E-state index is 12.9.